The molecule has 0 aliphatic carbocycles. The number of para-hydroxylation sites is 1. The molecule has 0 saturated heterocycles. The van der Waals surface area contributed by atoms with Gasteiger partial charge in [-0.3, -0.25) is 4.79 Å². The van der Waals surface area contributed by atoms with Crippen molar-refractivity contribution >= 4 is 22.6 Å². The van der Waals surface area contributed by atoms with Crippen molar-refractivity contribution in [1.29, 1.82) is 0 Å². The van der Waals surface area contributed by atoms with Gasteiger partial charge in [0.05, 0.1) is 5.52 Å². The Kier molecular flexibility index (Phi) is 4.10. The Hall–Kier alpha value is -2.69. The van der Waals surface area contributed by atoms with E-state index in [1.54, 1.807) is 6.07 Å². The van der Waals surface area contributed by atoms with Gasteiger partial charge in [0, 0.05) is 17.8 Å². The molecule has 0 aliphatic rings. The highest BCUT2D eigenvalue weighted by Gasteiger charge is 2.12. The molecule has 1 heterocycles. The zero-order valence-corrected chi connectivity index (χ0v) is 13.6. The van der Waals surface area contributed by atoms with Gasteiger partial charge in [-0.05, 0) is 42.7 Å². The number of anilines is 1. The normalized spacial score (nSPS) is 11.1. The number of hydrogen-bond donors (Lipinski definition) is 1. The molecule has 2 aromatic carbocycles. The van der Waals surface area contributed by atoms with Crippen molar-refractivity contribution in [3.8, 4) is 0 Å². The number of carbonyl (C=O) groups is 1. The molecule has 1 aromatic heterocycles. The first kappa shape index (κ1) is 15.2. The first-order chi connectivity index (χ1) is 11.1. The molecular formula is C18H20N4O. The van der Waals surface area contributed by atoms with Crippen LogP contribution in [0.5, 0.6) is 0 Å². The molecular weight excluding hydrogens is 288 g/mol. The second-order valence-electron chi connectivity index (χ2n) is 5.80. The summed E-state index contributed by atoms with van der Waals surface area (Å²) >= 11 is 0. The number of aryl methyl sites for hydroxylation is 1. The Balaban J connectivity index is 1.89. The van der Waals surface area contributed by atoms with E-state index in [-0.39, 0.29) is 5.91 Å². The fourth-order valence-corrected chi connectivity index (χ4v) is 2.66. The van der Waals surface area contributed by atoms with Crippen molar-refractivity contribution in [1.82, 2.24) is 15.0 Å². The lowest BCUT2D eigenvalue weighted by molar-refractivity contribution is 0.102. The third-order valence-corrected chi connectivity index (χ3v) is 3.91. The molecule has 23 heavy (non-hydrogen) atoms. The highest BCUT2D eigenvalue weighted by Crippen LogP contribution is 2.24. The van der Waals surface area contributed by atoms with E-state index in [4.69, 9.17) is 0 Å². The van der Waals surface area contributed by atoms with Crippen molar-refractivity contribution in [2.45, 2.75) is 33.2 Å². The molecule has 118 valence electrons. The SMILES string of the molecule is CCn1nnc2cc(C(=O)Nc3ccccc3C(C)C)ccc21. The topological polar surface area (TPSA) is 59.8 Å². The number of amides is 1. The van der Waals surface area contributed by atoms with Gasteiger partial charge in [-0.2, -0.15) is 0 Å². The minimum atomic E-state index is -0.133. The minimum Gasteiger partial charge on any atom is -0.322 e. The van der Waals surface area contributed by atoms with Crippen LogP contribution in [0.4, 0.5) is 5.69 Å². The molecule has 0 bridgehead atoms. The molecule has 0 aliphatic heterocycles. The highest BCUT2D eigenvalue weighted by atomic mass is 16.1. The smallest absolute Gasteiger partial charge is 0.255 e. The second-order valence-corrected chi connectivity index (χ2v) is 5.80. The predicted octanol–water partition coefficient (Wildman–Crippen LogP) is 3.83. The van der Waals surface area contributed by atoms with Gasteiger partial charge >= 0.3 is 0 Å². The van der Waals surface area contributed by atoms with Crippen LogP contribution in [0.15, 0.2) is 42.5 Å². The summed E-state index contributed by atoms with van der Waals surface area (Å²) in [5, 5.41) is 11.2. The number of hydrogen-bond acceptors (Lipinski definition) is 3. The number of rotatable bonds is 4. The third kappa shape index (κ3) is 2.95. The molecule has 0 fully saturated rings. The molecule has 0 unspecified atom stereocenters. The van der Waals surface area contributed by atoms with Gasteiger partial charge in [0.1, 0.15) is 5.52 Å². The fourth-order valence-electron chi connectivity index (χ4n) is 2.66. The van der Waals surface area contributed by atoms with Crippen molar-refractivity contribution < 1.29 is 4.79 Å². The summed E-state index contributed by atoms with van der Waals surface area (Å²) in [6, 6.07) is 13.4. The fraction of sp³-hybridized carbons (Fsp3) is 0.278. The van der Waals surface area contributed by atoms with Gasteiger partial charge in [-0.1, -0.05) is 37.3 Å². The second kappa shape index (κ2) is 6.20. The van der Waals surface area contributed by atoms with Gasteiger partial charge in [0.2, 0.25) is 0 Å². The third-order valence-electron chi connectivity index (χ3n) is 3.91. The first-order valence-electron chi connectivity index (χ1n) is 7.83. The van der Waals surface area contributed by atoms with Crippen LogP contribution in [-0.4, -0.2) is 20.9 Å². The molecule has 0 atom stereocenters. The Morgan fingerprint density at radius 2 is 2.00 bits per heavy atom. The number of benzene rings is 2. The van der Waals surface area contributed by atoms with E-state index in [9.17, 15) is 4.79 Å². The predicted molar refractivity (Wildman–Crippen MR) is 91.7 cm³/mol. The van der Waals surface area contributed by atoms with Gasteiger partial charge in [-0.25, -0.2) is 4.68 Å². The summed E-state index contributed by atoms with van der Waals surface area (Å²) in [5.74, 6) is 0.212. The number of aromatic nitrogens is 3. The molecule has 0 saturated carbocycles. The molecule has 1 amide bonds. The monoisotopic (exact) mass is 308 g/mol. The maximum Gasteiger partial charge on any atom is 0.255 e. The van der Waals surface area contributed by atoms with Crippen LogP contribution in [0.3, 0.4) is 0 Å². The van der Waals surface area contributed by atoms with Crippen molar-refractivity contribution in [3.05, 3.63) is 53.6 Å². The molecule has 0 radical (unpaired) electrons. The van der Waals surface area contributed by atoms with Crippen molar-refractivity contribution in [2.75, 3.05) is 5.32 Å². The summed E-state index contributed by atoms with van der Waals surface area (Å²) in [6.07, 6.45) is 0. The zero-order valence-electron chi connectivity index (χ0n) is 13.6. The Morgan fingerprint density at radius 1 is 1.22 bits per heavy atom. The molecule has 3 rings (SSSR count). The summed E-state index contributed by atoms with van der Waals surface area (Å²) < 4.78 is 1.81. The maximum atomic E-state index is 12.5. The Morgan fingerprint density at radius 3 is 2.74 bits per heavy atom. The maximum absolute atomic E-state index is 12.5. The quantitative estimate of drug-likeness (QED) is 0.797. The Bertz CT molecular complexity index is 851. The molecule has 5 heteroatoms. The van der Waals surface area contributed by atoms with Crippen molar-refractivity contribution in [2.24, 2.45) is 0 Å². The largest absolute Gasteiger partial charge is 0.322 e. The van der Waals surface area contributed by atoms with E-state index in [0.29, 0.717) is 11.5 Å². The van der Waals surface area contributed by atoms with E-state index < -0.39 is 0 Å². The number of carbonyl (C=O) groups excluding carboxylic acids is 1. The zero-order chi connectivity index (χ0) is 16.4. The van der Waals surface area contributed by atoms with Gasteiger partial charge < -0.3 is 5.32 Å². The highest BCUT2D eigenvalue weighted by molar-refractivity contribution is 6.06. The first-order valence-corrected chi connectivity index (χ1v) is 7.83. The average molecular weight is 308 g/mol. The number of nitrogens with zero attached hydrogens (tertiary/aromatic N) is 3. The Labute approximate surface area is 135 Å². The molecule has 1 N–H and O–H groups in total. The van der Waals surface area contributed by atoms with Crippen LogP contribution in [0, 0.1) is 0 Å². The van der Waals surface area contributed by atoms with Crippen LogP contribution in [0.1, 0.15) is 42.6 Å². The summed E-state index contributed by atoms with van der Waals surface area (Å²) in [6.45, 7) is 6.99. The lowest BCUT2D eigenvalue weighted by atomic mass is 10.0. The molecule has 5 nitrogen and oxygen atoms in total. The average Bonchev–Trinajstić information content (AvgIpc) is 2.97. The van der Waals surface area contributed by atoms with Crippen LogP contribution in [0.2, 0.25) is 0 Å². The van der Waals surface area contributed by atoms with Crippen molar-refractivity contribution in [3.63, 3.8) is 0 Å². The summed E-state index contributed by atoms with van der Waals surface area (Å²) in [7, 11) is 0. The number of fused-ring (bicyclic) bond motifs is 1. The standard InChI is InChI=1S/C18H20N4O/c1-4-22-17-10-9-13(11-16(17)20-21-22)18(23)19-15-8-6-5-7-14(15)12(2)3/h5-12H,4H2,1-3H3,(H,19,23). The number of nitrogens with one attached hydrogen (secondary N) is 1. The van der Waals surface area contributed by atoms with Gasteiger partial charge in [-0.15, -0.1) is 5.10 Å². The van der Waals surface area contributed by atoms with Gasteiger partial charge in [0.25, 0.3) is 5.91 Å². The van der Waals surface area contributed by atoms with Crippen LogP contribution >= 0.6 is 0 Å². The molecule has 3 aromatic rings. The van der Waals surface area contributed by atoms with Crippen LogP contribution in [-0.2, 0) is 6.54 Å². The minimum absolute atomic E-state index is 0.133. The van der Waals surface area contributed by atoms with E-state index in [1.807, 2.05) is 48.0 Å². The van der Waals surface area contributed by atoms with E-state index in [1.165, 1.54) is 0 Å². The van der Waals surface area contributed by atoms with Crippen LogP contribution in [0.25, 0.3) is 11.0 Å². The van der Waals surface area contributed by atoms with E-state index in [0.717, 1.165) is 28.8 Å². The summed E-state index contributed by atoms with van der Waals surface area (Å²) in [5.41, 5.74) is 4.23. The molecule has 0 spiro atoms. The summed E-state index contributed by atoms with van der Waals surface area (Å²) in [4.78, 5) is 12.5. The van der Waals surface area contributed by atoms with E-state index >= 15 is 0 Å². The van der Waals surface area contributed by atoms with Crippen LogP contribution < -0.4 is 5.32 Å². The van der Waals surface area contributed by atoms with Gasteiger partial charge in [0.15, 0.2) is 0 Å². The lowest BCUT2D eigenvalue weighted by Crippen LogP contribution is -2.13. The lowest BCUT2D eigenvalue weighted by Gasteiger charge is -2.13. The van der Waals surface area contributed by atoms with E-state index in [2.05, 4.69) is 29.5 Å².